The first kappa shape index (κ1) is 12.4. The molecule has 88 valence electrons. The van der Waals surface area contributed by atoms with Crippen LogP contribution in [0, 0.1) is 0 Å². The molecule has 16 heavy (non-hydrogen) atoms. The van der Waals surface area contributed by atoms with Gasteiger partial charge in [0.2, 0.25) is 5.91 Å². The lowest BCUT2D eigenvalue weighted by Crippen LogP contribution is -2.36. The Morgan fingerprint density at radius 3 is 2.75 bits per heavy atom. The van der Waals surface area contributed by atoms with E-state index in [1.54, 1.807) is 12.3 Å². The number of amides is 1. The SMILES string of the molecule is CCN(CC(=O)O)C(=O)Cc1csc(N)n1. The molecule has 1 heterocycles. The highest BCUT2D eigenvalue weighted by Gasteiger charge is 2.16. The van der Waals surface area contributed by atoms with Crippen LogP contribution in [0.3, 0.4) is 0 Å². The van der Waals surface area contributed by atoms with Gasteiger partial charge in [-0.1, -0.05) is 0 Å². The van der Waals surface area contributed by atoms with Crippen LogP contribution in [0.2, 0.25) is 0 Å². The van der Waals surface area contributed by atoms with Crippen molar-refractivity contribution in [1.29, 1.82) is 0 Å². The molecule has 1 aromatic rings. The molecule has 0 aliphatic rings. The maximum Gasteiger partial charge on any atom is 0.323 e. The topological polar surface area (TPSA) is 96.5 Å². The van der Waals surface area contributed by atoms with Crippen molar-refractivity contribution in [2.75, 3.05) is 18.8 Å². The van der Waals surface area contributed by atoms with Gasteiger partial charge < -0.3 is 15.7 Å². The van der Waals surface area contributed by atoms with Crippen molar-refractivity contribution in [2.24, 2.45) is 0 Å². The molecule has 0 aromatic carbocycles. The number of rotatable bonds is 5. The van der Waals surface area contributed by atoms with Crippen molar-refractivity contribution < 1.29 is 14.7 Å². The normalized spacial score (nSPS) is 10.1. The van der Waals surface area contributed by atoms with Gasteiger partial charge in [-0.25, -0.2) is 4.98 Å². The molecule has 1 aromatic heterocycles. The van der Waals surface area contributed by atoms with Gasteiger partial charge >= 0.3 is 5.97 Å². The predicted molar refractivity (Wildman–Crippen MR) is 60.1 cm³/mol. The molecule has 0 bridgehead atoms. The van der Waals surface area contributed by atoms with E-state index in [9.17, 15) is 9.59 Å². The summed E-state index contributed by atoms with van der Waals surface area (Å²) in [6.45, 7) is 1.82. The van der Waals surface area contributed by atoms with Gasteiger partial charge in [0, 0.05) is 11.9 Å². The summed E-state index contributed by atoms with van der Waals surface area (Å²) in [5.74, 6) is -1.27. The number of nitrogen functional groups attached to an aromatic ring is 1. The zero-order valence-electron chi connectivity index (χ0n) is 8.84. The smallest absolute Gasteiger partial charge is 0.323 e. The second kappa shape index (κ2) is 5.45. The molecule has 0 spiro atoms. The summed E-state index contributed by atoms with van der Waals surface area (Å²) in [6.07, 6.45) is 0.0921. The molecular formula is C9H13N3O3S. The van der Waals surface area contributed by atoms with Crippen molar-refractivity contribution in [3.63, 3.8) is 0 Å². The van der Waals surface area contributed by atoms with Gasteiger partial charge in [0.15, 0.2) is 5.13 Å². The number of anilines is 1. The third-order valence-electron chi connectivity index (χ3n) is 1.96. The number of carboxylic acid groups (broad SMARTS) is 1. The number of carbonyl (C=O) groups excluding carboxylic acids is 1. The predicted octanol–water partition coefficient (Wildman–Crippen LogP) is 0.201. The number of nitrogens with zero attached hydrogens (tertiary/aromatic N) is 2. The van der Waals surface area contributed by atoms with Gasteiger partial charge in [-0.3, -0.25) is 9.59 Å². The van der Waals surface area contributed by atoms with Crippen LogP contribution in [0.1, 0.15) is 12.6 Å². The zero-order valence-corrected chi connectivity index (χ0v) is 9.66. The van der Waals surface area contributed by atoms with E-state index >= 15 is 0 Å². The van der Waals surface area contributed by atoms with Crippen molar-refractivity contribution >= 4 is 28.3 Å². The van der Waals surface area contributed by atoms with E-state index < -0.39 is 5.97 Å². The number of aliphatic carboxylic acids is 1. The molecule has 0 unspecified atom stereocenters. The minimum Gasteiger partial charge on any atom is -0.480 e. The number of hydrogen-bond donors (Lipinski definition) is 2. The standard InChI is InChI=1S/C9H13N3O3S/c1-2-12(4-8(14)15)7(13)3-6-5-16-9(10)11-6/h5H,2-4H2,1H3,(H2,10,11)(H,14,15). The molecule has 1 amide bonds. The summed E-state index contributed by atoms with van der Waals surface area (Å²) in [5.41, 5.74) is 6.01. The zero-order chi connectivity index (χ0) is 12.1. The van der Waals surface area contributed by atoms with Gasteiger partial charge in [0.1, 0.15) is 6.54 Å². The molecular weight excluding hydrogens is 230 g/mol. The van der Waals surface area contributed by atoms with Gasteiger partial charge in [0.05, 0.1) is 12.1 Å². The molecule has 0 saturated carbocycles. The average Bonchev–Trinajstić information content (AvgIpc) is 2.60. The van der Waals surface area contributed by atoms with Crippen LogP contribution in [-0.4, -0.2) is 40.0 Å². The number of aromatic nitrogens is 1. The molecule has 0 aliphatic heterocycles. The Bertz CT molecular complexity index is 391. The van der Waals surface area contributed by atoms with Crippen molar-refractivity contribution in [3.8, 4) is 0 Å². The molecule has 0 fully saturated rings. The summed E-state index contributed by atoms with van der Waals surface area (Å²) < 4.78 is 0. The van der Waals surface area contributed by atoms with E-state index in [0.717, 1.165) is 0 Å². The summed E-state index contributed by atoms with van der Waals surface area (Å²) in [5, 5.41) is 10.7. The lowest BCUT2D eigenvalue weighted by molar-refractivity contribution is -0.144. The Kier molecular flexibility index (Phi) is 4.24. The molecule has 6 nitrogen and oxygen atoms in total. The molecule has 3 N–H and O–H groups in total. The largest absolute Gasteiger partial charge is 0.480 e. The molecule has 0 aliphatic carbocycles. The fraction of sp³-hybridized carbons (Fsp3) is 0.444. The number of likely N-dealkylation sites (N-methyl/N-ethyl adjacent to an activating group) is 1. The Balaban J connectivity index is 2.59. The van der Waals surface area contributed by atoms with Crippen LogP contribution < -0.4 is 5.73 Å². The second-order valence-electron chi connectivity index (χ2n) is 3.16. The first-order valence-corrected chi connectivity index (χ1v) is 5.60. The lowest BCUT2D eigenvalue weighted by atomic mass is 10.3. The number of thiazole rings is 1. The van der Waals surface area contributed by atoms with Crippen LogP contribution in [0.15, 0.2) is 5.38 Å². The van der Waals surface area contributed by atoms with Gasteiger partial charge in [0.25, 0.3) is 0 Å². The number of hydrogen-bond acceptors (Lipinski definition) is 5. The number of carboxylic acids is 1. The van der Waals surface area contributed by atoms with Crippen LogP contribution in [-0.2, 0) is 16.0 Å². The monoisotopic (exact) mass is 243 g/mol. The third kappa shape index (κ3) is 3.50. The minimum absolute atomic E-state index is 0.0921. The van der Waals surface area contributed by atoms with Crippen LogP contribution in [0.25, 0.3) is 0 Å². The van der Waals surface area contributed by atoms with E-state index in [0.29, 0.717) is 17.4 Å². The van der Waals surface area contributed by atoms with Crippen molar-refractivity contribution in [1.82, 2.24) is 9.88 Å². The van der Waals surface area contributed by atoms with Crippen molar-refractivity contribution in [3.05, 3.63) is 11.1 Å². The molecule has 7 heteroatoms. The van der Waals surface area contributed by atoms with E-state index in [-0.39, 0.29) is 18.9 Å². The summed E-state index contributed by atoms with van der Waals surface area (Å²) in [7, 11) is 0. The van der Waals surface area contributed by atoms with Gasteiger partial charge in [-0.05, 0) is 6.92 Å². The Hall–Kier alpha value is -1.63. The van der Waals surface area contributed by atoms with Gasteiger partial charge in [-0.15, -0.1) is 11.3 Å². The second-order valence-corrected chi connectivity index (χ2v) is 4.05. The average molecular weight is 243 g/mol. The fourth-order valence-electron chi connectivity index (χ4n) is 1.21. The third-order valence-corrected chi connectivity index (χ3v) is 2.69. The molecule has 0 saturated heterocycles. The van der Waals surface area contributed by atoms with E-state index in [4.69, 9.17) is 10.8 Å². The van der Waals surface area contributed by atoms with E-state index in [2.05, 4.69) is 4.98 Å². The molecule has 0 atom stereocenters. The van der Waals surface area contributed by atoms with Crippen LogP contribution >= 0.6 is 11.3 Å². The maximum atomic E-state index is 11.7. The number of nitrogens with two attached hydrogens (primary N) is 1. The van der Waals surface area contributed by atoms with Gasteiger partial charge in [-0.2, -0.15) is 0 Å². The first-order chi connectivity index (χ1) is 7.52. The number of carbonyl (C=O) groups is 2. The van der Waals surface area contributed by atoms with Crippen LogP contribution in [0.5, 0.6) is 0 Å². The van der Waals surface area contributed by atoms with Crippen LogP contribution in [0.4, 0.5) is 5.13 Å². The Morgan fingerprint density at radius 1 is 1.62 bits per heavy atom. The first-order valence-electron chi connectivity index (χ1n) is 4.72. The summed E-state index contributed by atoms with van der Waals surface area (Å²) in [4.78, 5) is 27.4. The lowest BCUT2D eigenvalue weighted by Gasteiger charge is -2.17. The summed E-state index contributed by atoms with van der Waals surface area (Å²) in [6, 6.07) is 0. The quantitative estimate of drug-likeness (QED) is 0.770. The van der Waals surface area contributed by atoms with E-state index in [1.165, 1.54) is 16.2 Å². The molecule has 1 rings (SSSR count). The van der Waals surface area contributed by atoms with Crippen molar-refractivity contribution in [2.45, 2.75) is 13.3 Å². The Morgan fingerprint density at radius 2 is 2.31 bits per heavy atom. The highest BCUT2D eigenvalue weighted by atomic mass is 32.1. The molecule has 0 radical (unpaired) electrons. The highest BCUT2D eigenvalue weighted by Crippen LogP contribution is 2.12. The summed E-state index contributed by atoms with van der Waals surface area (Å²) >= 11 is 1.26. The Labute approximate surface area is 96.7 Å². The van der Waals surface area contributed by atoms with E-state index in [1.807, 2.05) is 0 Å². The minimum atomic E-state index is -1.02. The maximum absolute atomic E-state index is 11.7. The highest BCUT2D eigenvalue weighted by molar-refractivity contribution is 7.13. The fourth-order valence-corrected chi connectivity index (χ4v) is 1.77.